The molecule has 2 fully saturated rings. The molecule has 194 valence electrons. The molecular weight excluding hydrogens is 466 g/mol. The highest BCUT2D eigenvalue weighted by Crippen LogP contribution is 2.34. The number of anilines is 1. The van der Waals surface area contributed by atoms with Crippen molar-refractivity contribution in [1.29, 1.82) is 0 Å². The Balaban J connectivity index is 1.35. The van der Waals surface area contributed by atoms with E-state index in [0.29, 0.717) is 18.5 Å². The van der Waals surface area contributed by atoms with Crippen molar-refractivity contribution in [2.24, 2.45) is 11.8 Å². The third-order valence-electron chi connectivity index (χ3n) is 7.34. The van der Waals surface area contributed by atoms with Crippen LogP contribution in [0.3, 0.4) is 0 Å². The number of ether oxygens (including phenoxy) is 1. The predicted molar refractivity (Wildman–Crippen MR) is 134 cm³/mol. The standard InChI is InChI=1S/C27H34F2N4O3/c1-33-10-8-17(9-11-33)24(34)16-30-20-5-3-4-18(12-20)27(35)32-26-14-22(23(29)15-31-26)21-7-6-19(28)13-25(21)36-2/h6-7,13-15,17-18,20,30H,3-5,8-12,16H2,1-2H3,(H,31,32,35)/t18-,20+/m0/s1. The van der Waals surface area contributed by atoms with Gasteiger partial charge >= 0.3 is 0 Å². The van der Waals surface area contributed by atoms with Gasteiger partial charge < -0.3 is 20.3 Å². The largest absolute Gasteiger partial charge is 0.496 e. The number of rotatable bonds is 8. The van der Waals surface area contributed by atoms with E-state index in [1.165, 1.54) is 31.4 Å². The number of hydrogen-bond donors (Lipinski definition) is 2. The van der Waals surface area contributed by atoms with Gasteiger partial charge in [0.05, 0.1) is 19.9 Å². The average molecular weight is 501 g/mol. The molecule has 1 aliphatic carbocycles. The maximum absolute atomic E-state index is 14.6. The summed E-state index contributed by atoms with van der Waals surface area (Å²) in [7, 11) is 3.46. The summed E-state index contributed by atoms with van der Waals surface area (Å²) in [5.41, 5.74) is 0.526. The summed E-state index contributed by atoms with van der Waals surface area (Å²) in [6.45, 7) is 2.25. The first-order valence-corrected chi connectivity index (χ1v) is 12.6. The molecule has 0 radical (unpaired) electrons. The molecule has 2 aliphatic rings. The van der Waals surface area contributed by atoms with Crippen LogP contribution in [0, 0.1) is 23.5 Å². The predicted octanol–water partition coefficient (Wildman–Crippen LogP) is 4.03. The number of carbonyl (C=O) groups is 2. The number of benzene rings is 1. The van der Waals surface area contributed by atoms with E-state index >= 15 is 0 Å². The Bertz CT molecular complexity index is 1090. The van der Waals surface area contributed by atoms with Crippen LogP contribution in [-0.4, -0.2) is 61.4 Å². The highest BCUT2D eigenvalue weighted by molar-refractivity contribution is 5.92. The number of aromatic nitrogens is 1. The summed E-state index contributed by atoms with van der Waals surface area (Å²) in [6, 6.07) is 5.37. The first kappa shape index (κ1) is 26.2. The van der Waals surface area contributed by atoms with Crippen LogP contribution < -0.4 is 15.4 Å². The first-order chi connectivity index (χ1) is 17.3. The molecule has 1 saturated carbocycles. The Hall–Kier alpha value is -2.91. The molecule has 4 rings (SSSR count). The van der Waals surface area contributed by atoms with Gasteiger partial charge in [-0.15, -0.1) is 0 Å². The van der Waals surface area contributed by atoms with E-state index in [9.17, 15) is 18.4 Å². The van der Waals surface area contributed by atoms with Gasteiger partial charge in [0.15, 0.2) is 0 Å². The van der Waals surface area contributed by atoms with Gasteiger partial charge in [-0.05, 0) is 70.4 Å². The molecule has 1 aromatic carbocycles. The van der Waals surface area contributed by atoms with E-state index in [-0.39, 0.29) is 46.7 Å². The van der Waals surface area contributed by atoms with E-state index in [2.05, 4.69) is 27.6 Å². The van der Waals surface area contributed by atoms with E-state index in [4.69, 9.17) is 4.74 Å². The number of piperidine rings is 1. The number of methoxy groups -OCH3 is 1. The molecule has 2 heterocycles. The van der Waals surface area contributed by atoms with Gasteiger partial charge in [0.25, 0.3) is 0 Å². The highest BCUT2D eigenvalue weighted by Gasteiger charge is 2.29. The molecule has 0 spiro atoms. The van der Waals surface area contributed by atoms with E-state index in [1.807, 2.05) is 0 Å². The summed E-state index contributed by atoms with van der Waals surface area (Å²) in [5.74, 6) is -0.724. The summed E-state index contributed by atoms with van der Waals surface area (Å²) in [6.07, 6.45) is 6.03. The van der Waals surface area contributed by atoms with E-state index < -0.39 is 11.6 Å². The van der Waals surface area contributed by atoms with Crippen LogP contribution >= 0.6 is 0 Å². The number of nitrogens with zero attached hydrogens (tertiary/aromatic N) is 2. The number of pyridine rings is 1. The van der Waals surface area contributed by atoms with Gasteiger partial charge in [-0.25, -0.2) is 13.8 Å². The number of halogens is 2. The summed E-state index contributed by atoms with van der Waals surface area (Å²) < 4.78 is 33.3. The topological polar surface area (TPSA) is 83.6 Å². The van der Waals surface area contributed by atoms with Gasteiger partial charge in [0.2, 0.25) is 5.91 Å². The average Bonchev–Trinajstić information content (AvgIpc) is 2.89. The van der Waals surface area contributed by atoms with Crippen molar-refractivity contribution in [1.82, 2.24) is 15.2 Å². The number of hydrogen-bond acceptors (Lipinski definition) is 6. The normalized spacial score (nSPS) is 21.2. The molecule has 2 atom stereocenters. The molecule has 1 amide bonds. The lowest BCUT2D eigenvalue weighted by molar-refractivity contribution is -0.123. The minimum absolute atomic E-state index is 0.102. The molecule has 2 N–H and O–H groups in total. The molecule has 36 heavy (non-hydrogen) atoms. The number of likely N-dealkylation sites (tertiary alicyclic amines) is 1. The summed E-state index contributed by atoms with van der Waals surface area (Å²) >= 11 is 0. The fraction of sp³-hybridized carbons (Fsp3) is 0.519. The van der Waals surface area contributed by atoms with Gasteiger partial charge in [0, 0.05) is 35.1 Å². The van der Waals surface area contributed by atoms with Gasteiger partial charge in [-0.2, -0.15) is 0 Å². The van der Waals surface area contributed by atoms with Crippen molar-refractivity contribution in [3.63, 3.8) is 0 Å². The monoisotopic (exact) mass is 500 g/mol. The molecule has 1 saturated heterocycles. The van der Waals surface area contributed by atoms with Crippen LogP contribution in [-0.2, 0) is 9.59 Å². The zero-order chi connectivity index (χ0) is 25.7. The molecule has 1 aromatic heterocycles. The van der Waals surface area contributed by atoms with Crippen LogP contribution in [0.25, 0.3) is 11.1 Å². The number of carbonyl (C=O) groups excluding carboxylic acids is 2. The summed E-state index contributed by atoms with van der Waals surface area (Å²) in [4.78, 5) is 31.9. The second-order valence-corrected chi connectivity index (χ2v) is 9.87. The highest BCUT2D eigenvalue weighted by atomic mass is 19.1. The zero-order valence-corrected chi connectivity index (χ0v) is 20.9. The zero-order valence-electron chi connectivity index (χ0n) is 20.9. The molecule has 9 heteroatoms. The molecule has 1 aliphatic heterocycles. The second-order valence-electron chi connectivity index (χ2n) is 9.87. The van der Waals surface area contributed by atoms with Crippen LogP contribution in [0.5, 0.6) is 5.75 Å². The number of amides is 1. The van der Waals surface area contributed by atoms with Crippen molar-refractivity contribution in [2.45, 2.75) is 44.6 Å². The molecule has 0 bridgehead atoms. The Morgan fingerprint density at radius 2 is 1.86 bits per heavy atom. The number of Topliss-reactive ketones (excluding diaryl/α,β-unsaturated/α-hetero) is 1. The Morgan fingerprint density at radius 1 is 1.08 bits per heavy atom. The maximum atomic E-state index is 14.6. The lowest BCUT2D eigenvalue weighted by Crippen LogP contribution is -2.43. The van der Waals surface area contributed by atoms with Crippen LogP contribution in [0.15, 0.2) is 30.5 Å². The molecule has 0 unspecified atom stereocenters. The second kappa shape index (κ2) is 11.9. The van der Waals surface area contributed by atoms with Crippen molar-refractivity contribution >= 4 is 17.5 Å². The van der Waals surface area contributed by atoms with Gasteiger partial charge in [0.1, 0.15) is 29.0 Å². The SMILES string of the molecule is COc1cc(F)ccc1-c1cc(NC(=O)[C@H]2CCC[C@@H](NCC(=O)C3CCN(C)CC3)C2)ncc1F. The van der Waals surface area contributed by atoms with Crippen molar-refractivity contribution in [3.05, 3.63) is 42.1 Å². The smallest absolute Gasteiger partial charge is 0.228 e. The Kier molecular flexibility index (Phi) is 8.64. The minimum Gasteiger partial charge on any atom is -0.496 e. The Labute approximate surface area is 210 Å². The number of ketones is 1. The molecular formula is C27H34F2N4O3. The number of nitrogens with one attached hydrogen (secondary N) is 2. The van der Waals surface area contributed by atoms with E-state index in [1.54, 1.807) is 0 Å². The summed E-state index contributed by atoms with van der Waals surface area (Å²) in [5, 5.41) is 6.19. The maximum Gasteiger partial charge on any atom is 0.228 e. The minimum atomic E-state index is -0.603. The fourth-order valence-corrected chi connectivity index (χ4v) is 5.16. The third-order valence-corrected chi connectivity index (χ3v) is 7.34. The van der Waals surface area contributed by atoms with Crippen molar-refractivity contribution in [2.75, 3.05) is 39.1 Å². The van der Waals surface area contributed by atoms with Crippen molar-refractivity contribution in [3.8, 4) is 16.9 Å². The lowest BCUT2D eigenvalue weighted by atomic mass is 9.84. The van der Waals surface area contributed by atoms with Crippen molar-refractivity contribution < 1.29 is 23.1 Å². The third kappa shape index (κ3) is 6.44. The lowest BCUT2D eigenvalue weighted by Gasteiger charge is -2.31. The fourth-order valence-electron chi connectivity index (χ4n) is 5.16. The van der Waals surface area contributed by atoms with Crippen LogP contribution in [0.1, 0.15) is 38.5 Å². The van der Waals surface area contributed by atoms with E-state index in [0.717, 1.165) is 51.4 Å². The molecule has 2 aromatic rings. The Morgan fingerprint density at radius 3 is 2.61 bits per heavy atom. The van der Waals surface area contributed by atoms with Crippen LogP contribution in [0.4, 0.5) is 14.6 Å². The quantitative estimate of drug-likeness (QED) is 0.570. The van der Waals surface area contributed by atoms with Gasteiger partial charge in [-0.3, -0.25) is 9.59 Å². The van der Waals surface area contributed by atoms with Crippen LogP contribution in [0.2, 0.25) is 0 Å². The van der Waals surface area contributed by atoms with Gasteiger partial charge in [-0.1, -0.05) is 6.42 Å². The first-order valence-electron chi connectivity index (χ1n) is 12.6. The molecule has 7 nitrogen and oxygen atoms in total.